The number of aliphatic hydroxyl groups excluding tert-OH is 1. The fraction of sp³-hybridized carbons (Fsp3) is 0.900. The average Bonchev–Trinajstić information content (AvgIpc) is 2.36. The highest BCUT2D eigenvalue weighted by Gasteiger charge is 2.64. The van der Waals surface area contributed by atoms with E-state index >= 15 is 0 Å². The smallest absolute Gasteiger partial charge is 0.1000 e. The Morgan fingerprint density at radius 3 is 2.38 bits per heavy atom. The van der Waals surface area contributed by atoms with Crippen molar-refractivity contribution in [3.05, 3.63) is 0 Å². The molecule has 2 bridgehead atoms. The van der Waals surface area contributed by atoms with Crippen LogP contribution >= 0.6 is 0 Å². The molecular weight excluding hydrogens is 164 g/mol. The summed E-state index contributed by atoms with van der Waals surface area (Å²) in [4.78, 5) is 0. The van der Waals surface area contributed by atoms with E-state index in [9.17, 15) is 5.11 Å². The maximum Gasteiger partial charge on any atom is 0.1000 e. The van der Waals surface area contributed by atoms with Crippen molar-refractivity contribution in [3.63, 3.8) is 0 Å². The van der Waals surface area contributed by atoms with Crippen molar-refractivity contribution in [2.24, 2.45) is 27.7 Å². The highest BCUT2D eigenvalue weighted by Crippen LogP contribution is 2.64. The van der Waals surface area contributed by atoms with Crippen LogP contribution in [0.5, 0.6) is 0 Å². The van der Waals surface area contributed by atoms with Crippen molar-refractivity contribution in [1.82, 2.24) is 0 Å². The van der Waals surface area contributed by atoms with Gasteiger partial charge in [-0.15, -0.1) is 0 Å². The Hall–Kier alpha value is -0.570. The van der Waals surface area contributed by atoms with Crippen LogP contribution in [-0.4, -0.2) is 16.9 Å². The molecule has 2 rings (SSSR count). The van der Waals surface area contributed by atoms with Gasteiger partial charge in [-0.05, 0) is 18.3 Å². The molecule has 3 N–H and O–H groups in total. The van der Waals surface area contributed by atoms with E-state index < -0.39 is 6.10 Å². The predicted octanol–water partition coefficient (Wildman–Crippen LogP) is 1.12. The van der Waals surface area contributed by atoms with Crippen LogP contribution in [0.3, 0.4) is 0 Å². The quantitative estimate of drug-likeness (QED) is 0.435. The lowest BCUT2D eigenvalue weighted by Crippen LogP contribution is -2.37. The molecule has 0 spiro atoms. The summed E-state index contributed by atoms with van der Waals surface area (Å²) in [5, 5.41) is 13.8. The number of hydrogen-bond acceptors (Lipinski definition) is 3. The van der Waals surface area contributed by atoms with E-state index in [0.29, 0.717) is 5.92 Å². The van der Waals surface area contributed by atoms with Gasteiger partial charge in [-0.3, -0.25) is 0 Å². The van der Waals surface area contributed by atoms with Gasteiger partial charge in [0.15, 0.2) is 0 Å². The Bertz CT molecular complexity index is 272. The van der Waals surface area contributed by atoms with Gasteiger partial charge in [0.1, 0.15) is 0 Å². The van der Waals surface area contributed by atoms with Crippen LogP contribution < -0.4 is 5.84 Å². The standard InChI is InChI=1S/C10H18N2O/c1-9(2)6-4-5-10(9,3)8(13)7(6)12-11/h6,8,13H,4-5,11H2,1-3H3/b12-7+. The van der Waals surface area contributed by atoms with Crippen LogP contribution in [-0.2, 0) is 0 Å². The molecule has 3 unspecified atom stereocenters. The van der Waals surface area contributed by atoms with Crippen molar-refractivity contribution < 1.29 is 5.11 Å². The van der Waals surface area contributed by atoms with Crippen molar-refractivity contribution in [2.75, 3.05) is 0 Å². The molecule has 0 aromatic carbocycles. The van der Waals surface area contributed by atoms with Crippen molar-refractivity contribution in [1.29, 1.82) is 0 Å². The largest absolute Gasteiger partial charge is 0.386 e. The molecule has 0 saturated heterocycles. The molecule has 2 aliphatic rings. The second kappa shape index (κ2) is 2.27. The molecule has 2 saturated carbocycles. The van der Waals surface area contributed by atoms with Crippen molar-refractivity contribution >= 4 is 5.71 Å². The van der Waals surface area contributed by atoms with E-state index in [1.807, 2.05) is 0 Å². The van der Waals surface area contributed by atoms with Crippen LogP contribution in [0.15, 0.2) is 5.10 Å². The zero-order valence-corrected chi connectivity index (χ0v) is 8.54. The van der Waals surface area contributed by atoms with Gasteiger partial charge in [-0.2, -0.15) is 5.10 Å². The summed E-state index contributed by atoms with van der Waals surface area (Å²) in [5.41, 5.74) is 0.944. The topological polar surface area (TPSA) is 58.6 Å². The van der Waals surface area contributed by atoms with Gasteiger partial charge >= 0.3 is 0 Å². The average molecular weight is 182 g/mol. The molecule has 2 fully saturated rings. The highest BCUT2D eigenvalue weighted by molar-refractivity contribution is 5.95. The Morgan fingerprint density at radius 2 is 2.08 bits per heavy atom. The number of nitrogens with zero attached hydrogens (tertiary/aromatic N) is 1. The van der Waals surface area contributed by atoms with Gasteiger partial charge in [-0.25, -0.2) is 0 Å². The monoisotopic (exact) mass is 182 g/mol. The fourth-order valence-electron chi connectivity index (χ4n) is 3.21. The summed E-state index contributed by atoms with van der Waals surface area (Å²) in [5.74, 6) is 5.71. The lowest BCUT2D eigenvalue weighted by molar-refractivity contribution is 0.0338. The fourth-order valence-corrected chi connectivity index (χ4v) is 3.21. The van der Waals surface area contributed by atoms with Crippen molar-refractivity contribution in [2.45, 2.75) is 39.7 Å². The van der Waals surface area contributed by atoms with E-state index in [4.69, 9.17) is 5.84 Å². The molecule has 0 amide bonds. The normalized spacial score (nSPS) is 50.3. The molecule has 74 valence electrons. The lowest BCUT2D eigenvalue weighted by atomic mass is 9.70. The van der Waals surface area contributed by atoms with E-state index in [-0.39, 0.29) is 10.8 Å². The minimum atomic E-state index is -0.425. The van der Waals surface area contributed by atoms with Gasteiger partial charge < -0.3 is 10.9 Å². The Morgan fingerprint density at radius 1 is 1.46 bits per heavy atom. The van der Waals surface area contributed by atoms with E-state index in [2.05, 4.69) is 25.9 Å². The van der Waals surface area contributed by atoms with Crippen LogP contribution in [0.1, 0.15) is 33.6 Å². The first kappa shape index (κ1) is 9.00. The third-order valence-electron chi connectivity index (χ3n) is 4.69. The second-order valence-corrected chi connectivity index (χ2v) is 5.19. The molecule has 3 nitrogen and oxygen atoms in total. The van der Waals surface area contributed by atoms with Gasteiger partial charge in [0.05, 0.1) is 11.8 Å². The van der Waals surface area contributed by atoms with E-state index in [0.717, 1.165) is 18.6 Å². The number of hydrazone groups is 1. The first-order chi connectivity index (χ1) is 5.95. The third kappa shape index (κ3) is 0.766. The molecule has 3 heteroatoms. The SMILES string of the molecule is CC1(C)C2CCC1(C)C(O)/C2=N/N. The lowest BCUT2D eigenvalue weighted by Gasteiger charge is -2.35. The van der Waals surface area contributed by atoms with Crippen LogP contribution in [0, 0.1) is 16.7 Å². The number of aliphatic hydroxyl groups is 1. The number of fused-ring (bicyclic) bond motifs is 2. The molecule has 3 atom stereocenters. The van der Waals surface area contributed by atoms with Crippen LogP contribution in [0.25, 0.3) is 0 Å². The minimum absolute atomic E-state index is 0.0180. The Labute approximate surface area is 79.0 Å². The summed E-state index contributed by atoms with van der Waals surface area (Å²) in [6.07, 6.45) is 1.78. The first-order valence-corrected chi connectivity index (χ1v) is 4.91. The maximum atomic E-state index is 10.1. The Balaban J connectivity index is 2.51. The molecule has 0 heterocycles. The van der Waals surface area contributed by atoms with Crippen LogP contribution in [0.4, 0.5) is 0 Å². The summed E-state index contributed by atoms with van der Waals surface area (Å²) >= 11 is 0. The molecule has 0 radical (unpaired) electrons. The van der Waals surface area contributed by atoms with Crippen LogP contribution in [0.2, 0.25) is 0 Å². The minimum Gasteiger partial charge on any atom is -0.386 e. The molecule has 0 aromatic rings. The summed E-state index contributed by atoms with van der Waals surface area (Å²) in [6, 6.07) is 0. The maximum absolute atomic E-state index is 10.1. The number of hydrogen-bond donors (Lipinski definition) is 2. The first-order valence-electron chi connectivity index (χ1n) is 4.91. The van der Waals surface area contributed by atoms with Gasteiger partial charge in [0, 0.05) is 11.3 Å². The van der Waals surface area contributed by atoms with Crippen molar-refractivity contribution in [3.8, 4) is 0 Å². The number of rotatable bonds is 0. The van der Waals surface area contributed by atoms with Gasteiger partial charge in [-0.1, -0.05) is 20.8 Å². The Kier molecular flexibility index (Phi) is 1.57. The van der Waals surface area contributed by atoms with Gasteiger partial charge in [0.25, 0.3) is 0 Å². The van der Waals surface area contributed by atoms with Gasteiger partial charge in [0.2, 0.25) is 0 Å². The summed E-state index contributed by atoms with van der Waals surface area (Å²) < 4.78 is 0. The van der Waals surface area contributed by atoms with E-state index in [1.54, 1.807) is 0 Å². The second-order valence-electron chi connectivity index (χ2n) is 5.19. The molecule has 0 aliphatic heterocycles. The number of nitrogens with two attached hydrogens (primary N) is 1. The predicted molar refractivity (Wildman–Crippen MR) is 52.2 cm³/mol. The third-order valence-corrected chi connectivity index (χ3v) is 4.69. The summed E-state index contributed by atoms with van der Waals surface area (Å²) in [7, 11) is 0. The highest BCUT2D eigenvalue weighted by atomic mass is 16.3. The summed E-state index contributed by atoms with van der Waals surface area (Å²) in [6.45, 7) is 6.58. The molecule has 0 aromatic heterocycles. The molecule has 13 heavy (non-hydrogen) atoms. The van der Waals surface area contributed by atoms with E-state index in [1.165, 1.54) is 0 Å². The molecule has 2 aliphatic carbocycles. The zero-order chi connectivity index (χ0) is 9.85. The zero-order valence-electron chi connectivity index (χ0n) is 8.54. The molecular formula is C10H18N2O.